The Labute approximate surface area is 86.8 Å². The summed E-state index contributed by atoms with van der Waals surface area (Å²) in [6.07, 6.45) is -0.685. The van der Waals surface area contributed by atoms with Crippen molar-refractivity contribution in [2.75, 3.05) is 14.2 Å². The summed E-state index contributed by atoms with van der Waals surface area (Å²) in [6, 6.07) is 2.79. The van der Waals surface area contributed by atoms with Crippen LogP contribution < -0.4 is 5.73 Å². The molecule has 3 nitrogen and oxygen atoms in total. The van der Waals surface area contributed by atoms with E-state index in [2.05, 4.69) is 0 Å². The third kappa shape index (κ3) is 2.71. The monoisotopic (exact) mass is 217 g/mol. The molecule has 0 bridgehead atoms. The molecule has 0 radical (unpaired) electrons. The topological polar surface area (TPSA) is 44.5 Å². The normalized spacial score (nSPS) is 13.2. The summed E-state index contributed by atoms with van der Waals surface area (Å²) in [5, 5.41) is 0. The lowest BCUT2D eigenvalue weighted by Crippen LogP contribution is -2.29. The first-order valence-electron chi connectivity index (χ1n) is 4.36. The number of benzene rings is 1. The molecule has 1 aromatic rings. The second-order valence-corrected chi connectivity index (χ2v) is 3.04. The van der Waals surface area contributed by atoms with Crippen molar-refractivity contribution in [3.05, 3.63) is 35.4 Å². The van der Waals surface area contributed by atoms with Gasteiger partial charge in [-0.3, -0.25) is 0 Å². The predicted molar refractivity (Wildman–Crippen MR) is 51.1 cm³/mol. The van der Waals surface area contributed by atoms with Crippen molar-refractivity contribution in [3.8, 4) is 0 Å². The lowest BCUT2D eigenvalue weighted by Gasteiger charge is -2.21. The molecule has 1 rings (SSSR count). The lowest BCUT2D eigenvalue weighted by molar-refractivity contribution is -0.117. The molecular weight excluding hydrogens is 204 g/mol. The van der Waals surface area contributed by atoms with Gasteiger partial charge in [0.2, 0.25) is 0 Å². The zero-order chi connectivity index (χ0) is 11.4. The van der Waals surface area contributed by atoms with Crippen LogP contribution in [0.5, 0.6) is 0 Å². The van der Waals surface area contributed by atoms with E-state index in [0.29, 0.717) is 5.56 Å². The highest BCUT2D eigenvalue weighted by atomic mass is 19.2. The van der Waals surface area contributed by atoms with Crippen LogP contribution in [0.25, 0.3) is 0 Å². The van der Waals surface area contributed by atoms with Gasteiger partial charge in [0.25, 0.3) is 0 Å². The molecule has 84 valence electrons. The van der Waals surface area contributed by atoms with Gasteiger partial charge in [-0.1, -0.05) is 6.07 Å². The Hall–Kier alpha value is -1.04. The van der Waals surface area contributed by atoms with E-state index in [1.807, 2.05) is 0 Å². The van der Waals surface area contributed by atoms with Crippen LogP contribution in [-0.2, 0) is 9.47 Å². The minimum Gasteiger partial charge on any atom is -0.354 e. The molecule has 5 heteroatoms. The lowest BCUT2D eigenvalue weighted by atomic mass is 10.1. The molecule has 2 N–H and O–H groups in total. The molecule has 0 aliphatic carbocycles. The summed E-state index contributed by atoms with van der Waals surface area (Å²) in [5.41, 5.74) is 6.16. The predicted octanol–water partition coefficient (Wildman–Crippen LogP) is 1.58. The van der Waals surface area contributed by atoms with E-state index >= 15 is 0 Å². The maximum absolute atomic E-state index is 12.9. The van der Waals surface area contributed by atoms with E-state index in [1.165, 1.54) is 20.3 Å². The molecule has 1 aromatic carbocycles. The van der Waals surface area contributed by atoms with Gasteiger partial charge in [0, 0.05) is 14.2 Å². The standard InChI is InChI=1S/C10H13F2NO2/c1-14-10(15-2)9(13)6-3-4-7(11)8(12)5-6/h3-5,9-10H,13H2,1-2H3. The number of rotatable bonds is 4. The zero-order valence-corrected chi connectivity index (χ0v) is 8.54. The fraction of sp³-hybridized carbons (Fsp3) is 0.400. The molecule has 0 saturated carbocycles. The summed E-state index contributed by atoms with van der Waals surface area (Å²) >= 11 is 0. The molecule has 0 amide bonds. The number of hydrogen-bond acceptors (Lipinski definition) is 3. The van der Waals surface area contributed by atoms with Gasteiger partial charge >= 0.3 is 0 Å². The number of methoxy groups -OCH3 is 2. The number of halogens is 2. The quantitative estimate of drug-likeness (QED) is 0.779. The van der Waals surface area contributed by atoms with Gasteiger partial charge in [-0.25, -0.2) is 8.78 Å². The molecule has 0 aliphatic heterocycles. The summed E-state index contributed by atoms with van der Waals surface area (Å²) < 4.78 is 35.4. The third-order valence-corrected chi connectivity index (χ3v) is 2.09. The zero-order valence-electron chi connectivity index (χ0n) is 8.54. The highest BCUT2D eigenvalue weighted by Gasteiger charge is 2.19. The first kappa shape index (κ1) is 12.0. The van der Waals surface area contributed by atoms with E-state index in [9.17, 15) is 8.78 Å². The minimum absolute atomic E-state index is 0.419. The van der Waals surface area contributed by atoms with Gasteiger partial charge in [-0.05, 0) is 17.7 Å². The van der Waals surface area contributed by atoms with Crippen molar-refractivity contribution in [1.82, 2.24) is 0 Å². The van der Waals surface area contributed by atoms with Crippen LogP contribution in [0.3, 0.4) is 0 Å². The summed E-state index contributed by atoms with van der Waals surface area (Å²) in [7, 11) is 2.85. The second kappa shape index (κ2) is 5.16. The number of hydrogen-bond donors (Lipinski definition) is 1. The van der Waals surface area contributed by atoms with Crippen molar-refractivity contribution in [3.63, 3.8) is 0 Å². The van der Waals surface area contributed by atoms with Gasteiger partial charge in [0.15, 0.2) is 17.9 Å². The van der Waals surface area contributed by atoms with Crippen LogP contribution in [0.4, 0.5) is 8.78 Å². The second-order valence-electron chi connectivity index (χ2n) is 3.04. The Kier molecular flexibility index (Phi) is 4.14. The minimum atomic E-state index is -0.936. The van der Waals surface area contributed by atoms with E-state index in [4.69, 9.17) is 15.2 Å². The molecule has 0 aliphatic rings. The first-order chi connectivity index (χ1) is 7.10. The van der Waals surface area contributed by atoms with E-state index in [1.54, 1.807) is 0 Å². The largest absolute Gasteiger partial charge is 0.354 e. The van der Waals surface area contributed by atoms with Crippen LogP contribution in [0.2, 0.25) is 0 Å². The summed E-state index contributed by atoms with van der Waals surface area (Å²) in [6.45, 7) is 0. The fourth-order valence-corrected chi connectivity index (χ4v) is 1.27. The van der Waals surface area contributed by atoms with Gasteiger partial charge in [-0.2, -0.15) is 0 Å². The average molecular weight is 217 g/mol. The molecule has 0 aromatic heterocycles. The highest BCUT2D eigenvalue weighted by Crippen LogP contribution is 2.19. The molecular formula is C10H13F2NO2. The van der Waals surface area contributed by atoms with E-state index < -0.39 is 24.0 Å². The molecule has 0 saturated heterocycles. The van der Waals surface area contributed by atoms with E-state index in [-0.39, 0.29) is 0 Å². The third-order valence-electron chi connectivity index (χ3n) is 2.09. The molecule has 1 unspecified atom stereocenters. The Balaban J connectivity index is 2.90. The Morgan fingerprint density at radius 2 is 1.73 bits per heavy atom. The van der Waals surface area contributed by atoms with Crippen LogP contribution in [0.15, 0.2) is 18.2 Å². The van der Waals surface area contributed by atoms with Gasteiger partial charge in [-0.15, -0.1) is 0 Å². The number of ether oxygens (including phenoxy) is 2. The van der Waals surface area contributed by atoms with Crippen LogP contribution in [-0.4, -0.2) is 20.5 Å². The first-order valence-corrected chi connectivity index (χ1v) is 4.36. The van der Waals surface area contributed by atoms with Gasteiger partial charge in [0.1, 0.15) is 0 Å². The van der Waals surface area contributed by atoms with Crippen molar-refractivity contribution in [2.24, 2.45) is 5.73 Å². The van der Waals surface area contributed by atoms with Crippen molar-refractivity contribution in [2.45, 2.75) is 12.3 Å². The molecule has 15 heavy (non-hydrogen) atoms. The van der Waals surface area contributed by atoms with Crippen molar-refractivity contribution < 1.29 is 18.3 Å². The Morgan fingerprint density at radius 3 is 2.20 bits per heavy atom. The van der Waals surface area contributed by atoms with Crippen LogP contribution in [0.1, 0.15) is 11.6 Å². The average Bonchev–Trinajstić information content (AvgIpc) is 2.23. The smallest absolute Gasteiger partial charge is 0.176 e. The molecule has 0 spiro atoms. The molecule has 0 heterocycles. The molecule has 0 fully saturated rings. The van der Waals surface area contributed by atoms with Crippen LogP contribution in [0, 0.1) is 11.6 Å². The summed E-state index contributed by atoms with van der Waals surface area (Å²) in [4.78, 5) is 0. The van der Waals surface area contributed by atoms with Crippen molar-refractivity contribution in [1.29, 1.82) is 0 Å². The fourth-order valence-electron chi connectivity index (χ4n) is 1.27. The van der Waals surface area contributed by atoms with E-state index in [0.717, 1.165) is 12.1 Å². The van der Waals surface area contributed by atoms with Crippen LogP contribution >= 0.6 is 0 Å². The van der Waals surface area contributed by atoms with Gasteiger partial charge < -0.3 is 15.2 Å². The molecule has 1 atom stereocenters. The summed E-state index contributed by atoms with van der Waals surface area (Å²) in [5.74, 6) is -1.84. The maximum atomic E-state index is 12.9. The Bertz CT molecular complexity index is 329. The van der Waals surface area contributed by atoms with Gasteiger partial charge in [0.05, 0.1) is 6.04 Å². The van der Waals surface area contributed by atoms with Crippen molar-refractivity contribution >= 4 is 0 Å². The maximum Gasteiger partial charge on any atom is 0.176 e. The SMILES string of the molecule is COC(OC)C(N)c1ccc(F)c(F)c1. The Morgan fingerprint density at radius 1 is 1.13 bits per heavy atom. The number of nitrogens with two attached hydrogens (primary N) is 1. The highest BCUT2D eigenvalue weighted by molar-refractivity contribution is 5.21.